The van der Waals surface area contributed by atoms with Crippen molar-refractivity contribution in [3.05, 3.63) is 76.4 Å². The van der Waals surface area contributed by atoms with E-state index in [1.54, 1.807) is 22.5 Å². The summed E-state index contributed by atoms with van der Waals surface area (Å²) in [4.78, 5) is 15.5. The summed E-state index contributed by atoms with van der Waals surface area (Å²) in [5.41, 5.74) is 1.91. The average molecular weight is 326 g/mol. The molecule has 3 rings (SSSR count). The van der Waals surface area contributed by atoms with Crippen molar-refractivity contribution in [1.82, 2.24) is 4.90 Å². The number of hydrogen-bond donors (Lipinski definition) is 1. The van der Waals surface area contributed by atoms with Gasteiger partial charge in [0, 0.05) is 10.6 Å². The summed E-state index contributed by atoms with van der Waals surface area (Å²) in [6.07, 6.45) is 1.62. The van der Waals surface area contributed by atoms with Gasteiger partial charge < -0.3 is 14.6 Å². The predicted molar refractivity (Wildman–Crippen MR) is 92.5 cm³/mol. The molecule has 0 atom stereocenters. The van der Waals surface area contributed by atoms with E-state index in [9.17, 15) is 4.79 Å². The molecule has 2 heterocycles. The Balaban J connectivity index is 1.74. The second kappa shape index (κ2) is 7.15. The van der Waals surface area contributed by atoms with Crippen molar-refractivity contribution in [1.29, 1.82) is 0 Å². The second-order valence-corrected chi connectivity index (χ2v) is 6.35. The molecular formula is C18H18N2O2S. The number of nitrogens with zero attached hydrogens (tertiary/aromatic N) is 1. The predicted octanol–water partition coefficient (Wildman–Crippen LogP) is 4.88. The Morgan fingerprint density at radius 3 is 2.78 bits per heavy atom. The molecule has 0 bridgehead atoms. The Kier molecular flexibility index (Phi) is 4.78. The maximum atomic E-state index is 12.7. The Hall–Kier alpha value is -2.53. The van der Waals surface area contributed by atoms with Gasteiger partial charge in [-0.3, -0.25) is 0 Å². The Morgan fingerprint density at radius 2 is 2.09 bits per heavy atom. The van der Waals surface area contributed by atoms with Crippen LogP contribution in [0, 0.1) is 6.92 Å². The van der Waals surface area contributed by atoms with Gasteiger partial charge in [-0.25, -0.2) is 4.79 Å². The lowest BCUT2D eigenvalue weighted by Crippen LogP contribution is -2.33. The maximum Gasteiger partial charge on any atom is 0.322 e. The summed E-state index contributed by atoms with van der Waals surface area (Å²) in [6.45, 7) is 2.99. The molecule has 1 N–H and O–H groups in total. The van der Waals surface area contributed by atoms with Crippen molar-refractivity contribution < 1.29 is 9.21 Å². The fraction of sp³-hybridized carbons (Fsp3) is 0.167. The number of nitrogens with one attached hydrogen (secondary N) is 1. The number of carbonyl (C=O) groups excluding carboxylic acids is 1. The van der Waals surface area contributed by atoms with E-state index in [1.807, 2.05) is 60.8 Å². The van der Waals surface area contributed by atoms with Crippen molar-refractivity contribution >= 4 is 23.1 Å². The first kappa shape index (κ1) is 15.4. The second-order valence-electron chi connectivity index (χ2n) is 5.31. The SMILES string of the molecule is Cc1cccc(NC(=O)N(Cc2ccco2)Cc2cccs2)c1. The number of urea groups is 1. The molecule has 3 aromatic rings. The van der Waals surface area contributed by atoms with E-state index in [4.69, 9.17) is 4.42 Å². The fourth-order valence-corrected chi connectivity index (χ4v) is 3.03. The highest BCUT2D eigenvalue weighted by atomic mass is 32.1. The zero-order valence-corrected chi connectivity index (χ0v) is 13.7. The lowest BCUT2D eigenvalue weighted by Gasteiger charge is -2.21. The van der Waals surface area contributed by atoms with Crippen LogP contribution in [0.4, 0.5) is 10.5 Å². The molecule has 0 fully saturated rings. The standard InChI is InChI=1S/C18H18N2O2S/c1-14-5-2-6-15(11-14)19-18(21)20(12-16-7-3-9-22-16)13-17-8-4-10-23-17/h2-11H,12-13H2,1H3,(H,19,21). The lowest BCUT2D eigenvalue weighted by molar-refractivity contribution is 0.202. The Labute approximate surface area is 139 Å². The lowest BCUT2D eigenvalue weighted by atomic mass is 10.2. The summed E-state index contributed by atoms with van der Waals surface area (Å²) in [7, 11) is 0. The Bertz CT molecular complexity index is 715. The molecule has 0 aliphatic heterocycles. The van der Waals surface area contributed by atoms with Crippen molar-refractivity contribution in [2.75, 3.05) is 5.32 Å². The van der Waals surface area contributed by atoms with Crippen molar-refractivity contribution in [2.45, 2.75) is 20.0 Å². The number of anilines is 1. The molecule has 0 radical (unpaired) electrons. The molecule has 2 aromatic heterocycles. The van der Waals surface area contributed by atoms with E-state index in [0.717, 1.165) is 21.9 Å². The number of amides is 2. The van der Waals surface area contributed by atoms with Gasteiger partial charge >= 0.3 is 6.03 Å². The molecule has 0 saturated heterocycles. The van der Waals surface area contributed by atoms with Gasteiger partial charge in [-0.2, -0.15) is 0 Å². The smallest absolute Gasteiger partial charge is 0.322 e. The third-order valence-electron chi connectivity index (χ3n) is 3.41. The highest BCUT2D eigenvalue weighted by molar-refractivity contribution is 7.09. The molecule has 1 aromatic carbocycles. The molecule has 2 amide bonds. The van der Waals surface area contributed by atoms with Gasteiger partial charge in [-0.15, -0.1) is 11.3 Å². The fourth-order valence-electron chi connectivity index (χ4n) is 2.31. The van der Waals surface area contributed by atoms with Crippen LogP contribution in [0.1, 0.15) is 16.2 Å². The summed E-state index contributed by atoms with van der Waals surface area (Å²) in [5, 5.41) is 4.97. The van der Waals surface area contributed by atoms with E-state index in [-0.39, 0.29) is 6.03 Å². The van der Waals surface area contributed by atoms with Crippen LogP contribution in [-0.2, 0) is 13.1 Å². The van der Waals surface area contributed by atoms with Gasteiger partial charge in [0.25, 0.3) is 0 Å². The minimum absolute atomic E-state index is 0.139. The molecule has 5 heteroatoms. The monoisotopic (exact) mass is 326 g/mol. The molecule has 0 unspecified atom stereocenters. The third-order valence-corrected chi connectivity index (χ3v) is 4.27. The molecule has 118 valence electrons. The number of benzene rings is 1. The first-order valence-electron chi connectivity index (χ1n) is 7.38. The average Bonchev–Trinajstić information content (AvgIpc) is 3.20. The third kappa shape index (κ3) is 4.23. The van der Waals surface area contributed by atoms with Crippen LogP contribution in [-0.4, -0.2) is 10.9 Å². The quantitative estimate of drug-likeness (QED) is 0.726. The Morgan fingerprint density at radius 1 is 1.17 bits per heavy atom. The number of furan rings is 1. The van der Waals surface area contributed by atoms with Crippen LogP contribution in [0.25, 0.3) is 0 Å². The van der Waals surface area contributed by atoms with Crippen LogP contribution < -0.4 is 5.32 Å². The number of aryl methyl sites for hydroxylation is 1. The topological polar surface area (TPSA) is 45.5 Å². The summed E-state index contributed by atoms with van der Waals surface area (Å²) in [5.74, 6) is 0.765. The maximum absolute atomic E-state index is 12.7. The first-order chi connectivity index (χ1) is 11.2. The van der Waals surface area contributed by atoms with Crippen LogP contribution in [0.5, 0.6) is 0 Å². The van der Waals surface area contributed by atoms with Crippen LogP contribution in [0.2, 0.25) is 0 Å². The summed E-state index contributed by atoms with van der Waals surface area (Å²) < 4.78 is 5.38. The minimum atomic E-state index is -0.139. The van der Waals surface area contributed by atoms with E-state index in [1.165, 1.54) is 0 Å². The van der Waals surface area contributed by atoms with E-state index >= 15 is 0 Å². The largest absolute Gasteiger partial charge is 0.467 e. The van der Waals surface area contributed by atoms with Gasteiger partial charge in [0.05, 0.1) is 19.4 Å². The van der Waals surface area contributed by atoms with Crippen LogP contribution in [0.3, 0.4) is 0 Å². The number of carbonyl (C=O) groups is 1. The highest BCUT2D eigenvalue weighted by Gasteiger charge is 2.16. The van der Waals surface area contributed by atoms with Gasteiger partial charge in [0.2, 0.25) is 0 Å². The van der Waals surface area contributed by atoms with Crippen LogP contribution in [0.15, 0.2) is 64.6 Å². The summed E-state index contributed by atoms with van der Waals surface area (Å²) >= 11 is 1.64. The first-order valence-corrected chi connectivity index (χ1v) is 8.26. The van der Waals surface area contributed by atoms with Crippen molar-refractivity contribution in [3.63, 3.8) is 0 Å². The molecule has 4 nitrogen and oxygen atoms in total. The zero-order valence-electron chi connectivity index (χ0n) is 12.9. The molecule has 0 aliphatic rings. The number of hydrogen-bond acceptors (Lipinski definition) is 3. The van der Waals surface area contributed by atoms with Gasteiger partial charge in [0.1, 0.15) is 5.76 Å². The highest BCUT2D eigenvalue weighted by Crippen LogP contribution is 2.17. The van der Waals surface area contributed by atoms with Crippen LogP contribution >= 0.6 is 11.3 Å². The van der Waals surface area contributed by atoms with E-state index in [0.29, 0.717) is 13.1 Å². The molecular weight excluding hydrogens is 308 g/mol. The molecule has 0 aliphatic carbocycles. The van der Waals surface area contributed by atoms with Gasteiger partial charge in [-0.1, -0.05) is 18.2 Å². The van der Waals surface area contributed by atoms with Crippen molar-refractivity contribution in [3.8, 4) is 0 Å². The molecule has 0 saturated carbocycles. The van der Waals surface area contributed by atoms with Gasteiger partial charge in [0.15, 0.2) is 0 Å². The molecule has 23 heavy (non-hydrogen) atoms. The normalized spacial score (nSPS) is 10.5. The van der Waals surface area contributed by atoms with E-state index in [2.05, 4.69) is 5.32 Å². The van der Waals surface area contributed by atoms with Gasteiger partial charge in [-0.05, 0) is 48.2 Å². The zero-order chi connectivity index (χ0) is 16.1. The number of rotatable bonds is 5. The minimum Gasteiger partial charge on any atom is -0.467 e. The molecule has 0 spiro atoms. The summed E-state index contributed by atoms with van der Waals surface area (Å²) in [6, 6.07) is 15.4. The number of thiophene rings is 1. The van der Waals surface area contributed by atoms with Crippen molar-refractivity contribution in [2.24, 2.45) is 0 Å². The van der Waals surface area contributed by atoms with E-state index < -0.39 is 0 Å².